The third-order valence-electron chi connectivity index (χ3n) is 13.1. The van der Waals surface area contributed by atoms with Crippen LogP contribution in [0.25, 0.3) is 0 Å². The van der Waals surface area contributed by atoms with Crippen LogP contribution in [0, 0.1) is 22.2 Å². The first-order valence-corrected chi connectivity index (χ1v) is 15.7. The molecule has 5 bridgehead atoms. The molecule has 14 nitrogen and oxygen atoms in total. The lowest BCUT2D eigenvalue weighted by Gasteiger charge is -2.75. The molecule has 7 aliphatic rings. The van der Waals surface area contributed by atoms with Crippen LogP contribution in [0.4, 0.5) is 0 Å². The van der Waals surface area contributed by atoms with Gasteiger partial charge in [-0.1, -0.05) is 13.8 Å². The molecule has 1 spiro atoms. The van der Waals surface area contributed by atoms with E-state index in [-0.39, 0.29) is 24.8 Å². The third kappa shape index (κ3) is 2.99. The van der Waals surface area contributed by atoms with Crippen molar-refractivity contribution in [1.82, 2.24) is 0 Å². The Hall–Kier alpha value is -3.30. The van der Waals surface area contributed by atoms with Crippen LogP contribution in [-0.2, 0) is 52.3 Å². The lowest BCUT2D eigenvalue weighted by atomic mass is 9.34. The molecule has 13 atom stereocenters. The van der Waals surface area contributed by atoms with E-state index in [1.54, 1.807) is 19.9 Å². The van der Waals surface area contributed by atoms with Crippen molar-refractivity contribution in [1.29, 1.82) is 0 Å². The summed E-state index contributed by atoms with van der Waals surface area (Å²) in [5.74, 6) is -5.69. The van der Waals surface area contributed by atoms with E-state index >= 15 is 0 Å². The SMILES string of the molecule is COC(=O)C[C@H]1[C@]2(C)C[C@]3(O)[C@@](O)([C@@H](OC(C)=O)[C@@]45OC6(C)O[C@@H](C[C@]4(O6)[C@]13C)[C@]1(C)C5=CC(=O)O[C@H]1c1ccoc1)[C@H]2OC(C)=O. The molecular weight excluding hydrogens is 620 g/mol. The number of fused-ring (bicyclic) bond motifs is 5. The Kier molecular flexibility index (Phi) is 5.70. The maximum Gasteiger partial charge on any atom is 0.331 e. The van der Waals surface area contributed by atoms with Crippen LogP contribution in [0.5, 0.6) is 0 Å². The predicted octanol–water partition coefficient (Wildman–Crippen LogP) is 1.76. The monoisotopic (exact) mass is 658 g/mol. The zero-order valence-corrected chi connectivity index (χ0v) is 27.1. The molecule has 6 fully saturated rings. The predicted molar refractivity (Wildman–Crippen MR) is 151 cm³/mol. The standard InChI is InChI=1S/C33H38O14/c1-15(34)42-24-26(3)14-30(38)28(5,18(26)10-21(36)40-7)31-12-20-27(4)19(11-22(37)44-23(27)17-8-9-41-13-17)33(31,47-29(6,45-20)46-31)25(32(24,30)39)43-16(2)35/h8-9,11,13,18,20,23-25,38-39H,10,12,14H2,1-7H3/t18-,20-,23-,24-,25+,26-,27-,28+,29?,30+,31-,32-,33+/m0/s1. The highest BCUT2D eigenvalue weighted by molar-refractivity contribution is 5.86. The van der Waals surface area contributed by atoms with E-state index in [9.17, 15) is 29.4 Å². The lowest BCUT2D eigenvalue weighted by molar-refractivity contribution is -0.426. The number of esters is 4. The van der Waals surface area contributed by atoms with Crippen molar-refractivity contribution < 1.29 is 67.0 Å². The van der Waals surface area contributed by atoms with Gasteiger partial charge in [-0.2, -0.15) is 0 Å². The Bertz CT molecular complexity index is 1670. The number of cyclic esters (lactones) is 1. The first-order valence-electron chi connectivity index (χ1n) is 15.7. The molecule has 2 saturated heterocycles. The number of aliphatic hydroxyl groups is 2. The van der Waals surface area contributed by atoms with Gasteiger partial charge in [0.2, 0.25) is 0 Å². The van der Waals surface area contributed by atoms with E-state index in [2.05, 4.69) is 0 Å². The van der Waals surface area contributed by atoms with E-state index in [0.29, 0.717) is 5.56 Å². The first kappa shape index (κ1) is 31.0. The number of rotatable bonds is 5. The molecule has 4 aliphatic carbocycles. The summed E-state index contributed by atoms with van der Waals surface area (Å²) < 4.78 is 48.9. The lowest BCUT2D eigenvalue weighted by Crippen LogP contribution is -2.92. The van der Waals surface area contributed by atoms with Gasteiger partial charge in [0.25, 0.3) is 5.97 Å². The van der Waals surface area contributed by atoms with Gasteiger partial charge in [0.1, 0.15) is 23.4 Å². The van der Waals surface area contributed by atoms with E-state index in [1.807, 2.05) is 6.92 Å². The van der Waals surface area contributed by atoms with Crippen LogP contribution in [0.15, 0.2) is 34.7 Å². The van der Waals surface area contributed by atoms with Gasteiger partial charge in [0.15, 0.2) is 17.3 Å². The minimum atomic E-state index is -2.55. The second-order valence-electron chi connectivity index (χ2n) is 15.0. The van der Waals surface area contributed by atoms with Crippen LogP contribution in [0.3, 0.4) is 0 Å². The molecule has 0 amide bonds. The van der Waals surface area contributed by atoms with Crippen LogP contribution in [0.2, 0.25) is 0 Å². The quantitative estimate of drug-likeness (QED) is 0.344. The van der Waals surface area contributed by atoms with E-state index in [1.165, 1.54) is 32.6 Å². The summed E-state index contributed by atoms with van der Waals surface area (Å²) in [5.41, 5.74) is -11.8. The highest BCUT2D eigenvalue weighted by Gasteiger charge is 3.01. The van der Waals surface area contributed by atoms with E-state index in [4.69, 9.17) is 37.6 Å². The number of carbonyl (C=O) groups excluding carboxylic acids is 4. The molecule has 3 aliphatic heterocycles. The molecule has 8 rings (SSSR count). The van der Waals surface area contributed by atoms with Gasteiger partial charge in [0, 0.05) is 56.1 Å². The fourth-order valence-corrected chi connectivity index (χ4v) is 11.7. The van der Waals surface area contributed by atoms with Gasteiger partial charge in [0.05, 0.1) is 31.2 Å². The minimum Gasteiger partial charge on any atom is -0.472 e. The Labute approximate surface area is 269 Å². The second kappa shape index (κ2) is 8.64. The average molecular weight is 659 g/mol. The van der Waals surface area contributed by atoms with Crippen molar-refractivity contribution in [3.8, 4) is 0 Å². The highest BCUT2D eigenvalue weighted by atomic mass is 16.9. The van der Waals surface area contributed by atoms with Gasteiger partial charge in [-0.05, 0) is 30.9 Å². The van der Waals surface area contributed by atoms with Gasteiger partial charge in [-0.15, -0.1) is 0 Å². The summed E-state index contributed by atoms with van der Waals surface area (Å²) in [6.07, 6.45) is -1.38. The number of ether oxygens (including phenoxy) is 7. The fraction of sp³-hybridized carbons (Fsp3) is 0.697. The highest BCUT2D eigenvalue weighted by Crippen LogP contribution is 2.87. The Morgan fingerprint density at radius 2 is 1.70 bits per heavy atom. The fourth-order valence-electron chi connectivity index (χ4n) is 11.7. The molecule has 4 saturated carbocycles. The summed E-state index contributed by atoms with van der Waals surface area (Å²) in [4.78, 5) is 52.6. The van der Waals surface area contributed by atoms with E-state index < -0.39 is 98.8 Å². The van der Waals surface area contributed by atoms with Crippen molar-refractivity contribution in [2.75, 3.05) is 7.11 Å². The molecule has 4 heterocycles. The zero-order chi connectivity index (χ0) is 34.0. The van der Waals surface area contributed by atoms with Crippen LogP contribution < -0.4 is 0 Å². The van der Waals surface area contributed by atoms with Crippen molar-refractivity contribution >= 4 is 23.9 Å². The normalized spacial score (nSPS) is 52.7. The van der Waals surface area contributed by atoms with Crippen molar-refractivity contribution in [2.24, 2.45) is 22.2 Å². The molecule has 1 unspecified atom stereocenters. The average Bonchev–Trinajstić information content (AvgIpc) is 3.66. The Balaban J connectivity index is 1.50. The minimum absolute atomic E-state index is 0.000964. The molecule has 1 aromatic rings. The number of furan rings is 1. The Morgan fingerprint density at radius 1 is 1.02 bits per heavy atom. The summed E-state index contributed by atoms with van der Waals surface area (Å²) in [5, 5.41) is 26.5. The van der Waals surface area contributed by atoms with Gasteiger partial charge in [-0.3, -0.25) is 14.4 Å². The number of methoxy groups -OCH3 is 1. The maximum atomic E-state index is 13.6. The molecule has 0 radical (unpaired) electrons. The number of hydrogen-bond acceptors (Lipinski definition) is 14. The third-order valence-corrected chi connectivity index (χ3v) is 13.1. The maximum absolute atomic E-state index is 13.6. The largest absolute Gasteiger partial charge is 0.472 e. The first-order chi connectivity index (χ1) is 21.8. The molecule has 2 N–H and O–H groups in total. The van der Waals surface area contributed by atoms with Gasteiger partial charge >= 0.3 is 23.9 Å². The Morgan fingerprint density at radius 3 is 2.32 bits per heavy atom. The summed E-state index contributed by atoms with van der Waals surface area (Å²) in [7, 11) is 1.24. The van der Waals surface area contributed by atoms with Crippen molar-refractivity contribution in [3.05, 3.63) is 35.8 Å². The zero-order valence-electron chi connectivity index (χ0n) is 27.1. The second-order valence-corrected chi connectivity index (χ2v) is 15.0. The van der Waals surface area contributed by atoms with Gasteiger partial charge < -0.3 is 47.8 Å². The van der Waals surface area contributed by atoms with Crippen molar-refractivity contribution in [3.63, 3.8) is 0 Å². The topological polar surface area (TPSA) is 186 Å². The van der Waals surface area contributed by atoms with Crippen LogP contribution >= 0.6 is 0 Å². The molecule has 47 heavy (non-hydrogen) atoms. The molecule has 1 aromatic heterocycles. The van der Waals surface area contributed by atoms with Crippen LogP contribution in [0.1, 0.15) is 72.5 Å². The number of hydrogen-bond donors (Lipinski definition) is 2. The van der Waals surface area contributed by atoms with Crippen LogP contribution in [-0.4, -0.2) is 87.9 Å². The molecule has 0 aromatic carbocycles. The van der Waals surface area contributed by atoms with Gasteiger partial charge in [-0.25, -0.2) is 4.79 Å². The number of carbonyl (C=O) groups is 4. The summed E-state index contributed by atoms with van der Waals surface area (Å²) in [6.45, 7) is 9.11. The smallest absolute Gasteiger partial charge is 0.331 e. The van der Waals surface area contributed by atoms with Crippen molar-refractivity contribution in [2.45, 2.75) is 114 Å². The summed E-state index contributed by atoms with van der Waals surface area (Å²) >= 11 is 0. The van der Waals surface area contributed by atoms with E-state index in [0.717, 1.165) is 13.8 Å². The molecule has 14 heteroatoms. The molecular formula is C33H38O14. The summed E-state index contributed by atoms with van der Waals surface area (Å²) in [6, 6.07) is 1.66. The molecule has 254 valence electrons.